The van der Waals surface area contributed by atoms with E-state index in [-0.39, 0.29) is 11.6 Å². The first-order valence-electron chi connectivity index (χ1n) is 9.67. The molecule has 1 fully saturated rings. The Kier molecular flexibility index (Phi) is 4.88. The van der Waals surface area contributed by atoms with Gasteiger partial charge in [-0.05, 0) is 55.5 Å². The van der Waals surface area contributed by atoms with Gasteiger partial charge in [-0.15, -0.1) is 0 Å². The zero-order valence-electron chi connectivity index (χ0n) is 16.1. The van der Waals surface area contributed by atoms with Crippen molar-refractivity contribution in [2.45, 2.75) is 26.2 Å². The van der Waals surface area contributed by atoms with E-state index in [1.54, 1.807) is 24.3 Å². The summed E-state index contributed by atoms with van der Waals surface area (Å²) in [6, 6.07) is 13.1. The SMILES string of the molecule is Cc1ccccc1N1C(=O)C(c2ccc([N+](=O)[O-])cc2)=C(N2CCCCC2)C1=O. The van der Waals surface area contributed by atoms with Crippen molar-refractivity contribution in [1.29, 1.82) is 0 Å². The predicted molar refractivity (Wildman–Crippen MR) is 109 cm³/mol. The molecule has 2 heterocycles. The molecule has 2 aromatic carbocycles. The van der Waals surface area contributed by atoms with Crippen LogP contribution in [0.15, 0.2) is 54.2 Å². The molecule has 2 aromatic rings. The fourth-order valence-electron chi connectivity index (χ4n) is 3.97. The lowest BCUT2D eigenvalue weighted by atomic mass is 10.0. The highest BCUT2D eigenvalue weighted by Crippen LogP contribution is 2.37. The van der Waals surface area contributed by atoms with Crippen LogP contribution in [0.2, 0.25) is 0 Å². The van der Waals surface area contributed by atoms with Crippen molar-refractivity contribution >= 4 is 28.8 Å². The van der Waals surface area contributed by atoms with Crippen molar-refractivity contribution in [3.63, 3.8) is 0 Å². The van der Waals surface area contributed by atoms with Gasteiger partial charge in [0.1, 0.15) is 5.70 Å². The number of carbonyl (C=O) groups is 2. The van der Waals surface area contributed by atoms with Gasteiger partial charge in [0, 0.05) is 25.2 Å². The number of likely N-dealkylation sites (tertiary alicyclic amines) is 1. The van der Waals surface area contributed by atoms with Crippen LogP contribution in [0.1, 0.15) is 30.4 Å². The minimum Gasteiger partial charge on any atom is -0.366 e. The molecule has 7 nitrogen and oxygen atoms in total. The second kappa shape index (κ2) is 7.50. The third-order valence-electron chi connectivity index (χ3n) is 5.45. The number of para-hydroxylation sites is 1. The number of carbonyl (C=O) groups excluding carboxylic acids is 2. The maximum absolute atomic E-state index is 13.4. The van der Waals surface area contributed by atoms with Gasteiger partial charge in [-0.2, -0.15) is 0 Å². The van der Waals surface area contributed by atoms with Gasteiger partial charge in [-0.25, -0.2) is 4.90 Å². The lowest BCUT2D eigenvalue weighted by Crippen LogP contribution is -2.37. The van der Waals surface area contributed by atoms with E-state index in [9.17, 15) is 19.7 Å². The third-order valence-corrected chi connectivity index (χ3v) is 5.45. The molecule has 0 N–H and O–H groups in total. The van der Waals surface area contributed by atoms with Crippen LogP contribution in [0.5, 0.6) is 0 Å². The summed E-state index contributed by atoms with van der Waals surface area (Å²) in [7, 11) is 0. The molecule has 0 bridgehead atoms. The Morgan fingerprint density at radius 1 is 0.897 bits per heavy atom. The molecule has 0 aromatic heterocycles. The molecule has 2 aliphatic rings. The van der Waals surface area contributed by atoms with E-state index in [2.05, 4.69) is 0 Å². The maximum atomic E-state index is 13.4. The van der Waals surface area contributed by atoms with E-state index in [0.29, 0.717) is 35.6 Å². The number of anilines is 1. The molecular formula is C22H21N3O4. The molecule has 1 saturated heterocycles. The Morgan fingerprint density at radius 2 is 1.55 bits per heavy atom. The van der Waals surface area contributed by atoms with Crippen LogP contribution in [0, 0.1) is 17.0 Å². The molecule has 7 heteroatoms. The first kappa shape index (κ1) is 18.9. The van der Waals surface area contributed by atoms with Crippen molar-refractivity contribution < 1.29 is 14.5 Å². The summed E-state index contributed by atoms with van der Waals surface area (Å²) >= 11 is 0. The molecule has 0 spiro atoms. The highest BCUT2D eigenvalue weighted by Gasteiger charge is 2.43. The van der Waals surface area contributed by atoms with E-state index in [1.807, 2.05) is 24.0 Å². The summed E-state index contributed by atoms with van der Waals surface area (Å²) in [6.07, 6.45) is 3.02. The number of rotatable bonds is 4. The van der Waals surface area contributed by atoms with Crippen LogP contribution in [-0.4, -0.2) is 34.7 Å². The highest BCUT2D eigenvalue weighted by molar-refractivity contribution is 6.45. The van der Waals surface area contributed by atoms with E-state index >= 15 is 0 Å². The molecule has 29 heavy (non-hydrogen) atoms. The van der Waals surface area contributed by atoms with Crippen molar-refractivity contribution in [2.75, 3.05) is 18.0 Å². The number of piperidine rings is 1. The summed E-state index contributed by atoms with van der Waals surface area (Å²) < 4.78 is 0. The lowest BCUT2D eigenvalue weighted by molar-refractivity contribution is -0.384. The molecule has 2 amide bonds. The van der Waals surface area contributed by atoms with Crippen LogP contribution in [0.4, 0.5) is 11.4 Å². The van der Waals surface area contributed by atoms with Crippen molar-refractivity contribution in [3.05, 3.63) is 75.5 Å². The molecule has 148 valence electrons. The minimum absolute atomic E-state index is 0.0543. The Labute approximate surface area is 168 Å². The smallest absolute Gasteiger partial charge is 0.282 e. The summed E-state index contributed by atoms with van der Waals surface area (Å²) in [5.41, 5.74) is 2.57. The summed E-state index contributed by atoms with van der Waals surface area (Å²) in [4.78, 5) is 40.6. The summed E-state index contributed by atoms with van der Waals surface area (Å²) in [6.45, 7) is 3.29. The number of aryl methyl sites for hydroxylation is 1. The minimum atomic E-state index is -0.481. The molecule has 2 aliphatic heterocycles. The Hall–Kier alpha value is -3.48. The topological polar surface area (TPSA) is 83.8 Å². The summed E-state index contributed by atoms with van der Waals surface area (Å²) in [5, 5.41) is 11.0. The van der Waals surface area contributed by atoms with E-state index < -0.39 is 10.8 Å². The molecule has 0 radical (unpaired) electrons. The van der Waals surface area contributed by atoms with E-state index in [1.165, 1.54) is 17.0 Å². The van der Waals surface area contributed by atoms with Gasteiger partial charge in [0.25, 0.3) is 17.5 Å². The molecule has 0 aliphatic carbocycles. The van der Waals surface area contributed by atoms with Crippen molar-refractivity contribution in [3.8, 4) is 0 Å². The number of non-ortho nitro benzene ring substituents is 1. The number of imide groups is 1. The average molecular weight is 391 g/mol. The van der Waals surface area contributed by atoms with Crippen molar-refractivity contribution in [1.82, 2.24) is 4.90 Å². The van der Waals surface area contributed by atoms with Gasteiger partial charge in [-0.3, -0.25) is 19.7 Å². The van der Waals surface area contributed by atoms with Crippen LogP contribution in [0.3, 0.4) is 0 Å². The predicted octanol–water partition coefficient (Wildman–Crippen LogP) is 3.67. The normalized spacial score (nSPS) is 17.3. The first-order chi connectivity index (χ1) is 14.0. The van der Waals surface area contributed by atoms with Gasteiger partial charge in [0.15, 0.2) is 0 Å². The first-order valence-corrected chi connectivity index (χ1v) is 9.67. The van der Waals surface area contributed by atoms with E-state index in [4.69, 9.17) is 0 Å². The van der Waals surface area contributed by atoms with Gasteiger partial charge in [0.05, 0.1) is 16.2 Å². The van der Waals surface area contributed by atoms with Crippen LogP contribution in [0.25, 0.3) is 5.57 Å². The number of nitrogens with zero attached hydrogens (tertiary/aromatic N) is 3. The number of benzene rings is 2. The zero-order valence-corrected chi connectivity index (χ0v) is 16.1. The van der Waals surface area contributed by atoms with Gasteiger partial charge in [-0.1, -0.05) is 18.2 Å². The number of nitro benzene ring substituents is 1. The molecule has 0 unspecified atom stereocenters. The fourth-order valence-corrected chi connectivity index (χ4v) is 3.97. The largest absolute Gasteiger partial charge is 0.366 e. The van der Waals surface area contributed by atoms with Crippen molar-refractivity contribution in [2.24, 2.45) is 0 Å². The second-order valence-corrected chi connectivity index (χ2v) is 7.31. The highest BCUT2D eigenvalue weighted by atomic mass is 16.6. The lowest BCUT2D eigenvalue weighted by Gasteiger charge is -2.29. The monoisotopic (exact) mass is 391 g/mol. The molecule has 0 saturated carbocycles. The van der Waals surface area contributed by atoms with Gasteiger partial charge < -0.3 is 4.90 Å². The number of nitro groups is 1. The molecular weight excluding hydrogens is 370 g/mol. The van der Waals surface area contributed by atoms with Crippen LogP contribution in [-0.2, 0) is 9.59 Å². The fraction of sp³-hybridized carbons (Fsp3) is 0.273. The standard InChI is InChI=1S/C22H21N3O4/c1-15-7-3-4-8-18(15)24-21(26)19(16-9-11-17(12-10-16)25(28)29)20(22(24)27)23-13-5-2-6-14-23/h3-4,7-12H,2,5-6,13-14H2,1H3. The Morgan fingerprint density at radius 3 is 2.17 bits per heavy atom. The van der Waals surface area contributed by atoms with Crippen LogP contribution < -0.4 is 4.90 Å². The van der Waals surface area contributed by atoms with Crippen LogP contribution >= 0.6 is 0 Å². The molecule has 4 rings (SSSR count). The average Bonchev–Trinajstić information content (AvgIpc) is 2.99. The Bertz CT molecular complexity index is 1020. The maximum Gasteiger partial charge on any atom is 0.282 e. The Balaban J connectivity index is 1.83. The van der Waals surface area contributed by atoms with E-state index in [0.717, 1.165) is 24.8 Å². The zero-order chi connectivity index (χ0) is 20.5. The summed E-state index contributed by atoms with van der Waals surface area (Å²) in [5.74, 6) is -0.724. The van der Waals surface area contributed by atoms with Gasteiger partial charge >= 0.3 is 0 Å². The molecule has 0 atom stereocenters. The third kappa shape index (κ3) is 3.29. The second-order valence-electron chi connectivity index (χ2n) is 7.31. The quantitative estimate of drug-likeness (QED) is 0.451. The van der Waals surface area contributed by atoms with Gasteiger partial charge in [0.2, 0.25) is 0 Å². The number of amides is 2. The number of hydrogen-bond donors (Lipinski definition) is 0. The number of hydrogen-bond acceptors (Lipinski definition) is 5.